The molecule has 2 saturated heterocycles. The minimum absolute atomic E-state index is 0.268. The molecule has 0 bridgehead atoms. The molecule has 2 aliphatic heterocycles. The lowest BCUT2D eigenvalue weighted by molar-refractivity contribution is 0.173. The van der Waals surface area contributed by atoms with Crippen LogP contribution in [0.5, 0.6) is 5.75 Å². The number of nitrogens with one attached hydrogen (secondary N) is 1. The highest BCUT2D eigenvalue weighted by Gasteiger charge is 2.23. The molecule has 5 nitrogen and oxygen atoms in total. The molecule has 0 radical (unpaired) electrons. The Morgan fingerprint density at radius 2 is 2.04 bits per heavy atom. The fraction of sp³-hybridized carbons (Fsp3) is 0.550. The van der Waals surface area contributed by atoms with Crippen molar-refractivity contribution in [2.75, 3.05) is 39.8 Å². The molecular weight excluding hydrogens is 331 g/mol. The van der Waals surface area contributed by atoms with Crippen molar-refractivity contribution in [3.63, 3.8) is 0 Å². The third-order valence-electron chi connectivity index (χ3n) is 5.57. The average Bonchev–Trinajstić information content (AvgIpc) is 3.05. The summed E-state index contributed by atoms with van der Waals surface area (Å²) in [6.07, 6.45) is 5.62. The van der Waals surface area contributed by atoms with Crippen LogP contribution in [0, 0.1) is 5.82 Å². The molecule has 0 amide bonds. The van der Waals surface area contributed by atoms with Gasteiger partial charge in [0.15, 0.2) is 11.6 Å². The number of nitrogens with zero attached hydrogens (tertiary/aromatic N) is 3. The van der Waals surface area contributed by atoms with Crippen molar-refractivity contribution in [1.82, 2.24) is 19.8 Å². The van der Waals surface area contributed by atoms with E-state index in [9.17, 15) is 4.39 Å². The van der Waals surface area contributed by atoms with Crippen LogP contribution in [0.2, 0.25) is 0 Å². The van der Waals surface area contributed by atoms with Gasteiger partial charge in [0.25, 0.3) is 0 Å². The second-order valence-corrected chi connectivity index (χ2v) is 7.25. The van der Waals surface area contributed by atoms with Gasteiger partial charge in [-0.15, -0.1) is 0 Å². The third-order valence-corrected chi connectivity index (χ3v) is 5.57. The van der Waals surface area contributed by atoms with E-state index in [0.717, 1.165) is 56.1 Å². The zero-order valence-electron chi connectivity index (χ0n) is 15.4. The van der Waals surface area contributed by atoms with E-state index in [-0.39, 0.29) is 11.6 Å². The van der Waals surface area contributed by atoms with Gasteiger partial charge in [-0.1, -0.05) is 0 Å². The normalized spacial score (nSPS) is 18.7. The molecule has 2 aliphatic rings. The Kier molecular flexibility index (Phi) is 5.22. The molecule has 0 unspecified atom stereocenters. The number of benzene rings is 1. The van der Waals surface area contributed by atoms with Crippen LogP contribution in [0.1, 0.15) is 31.0 Å². The Hall–Kier alpha value is -1.92. The molecule has 26 heavy (non-hydrogen) atoms. The molecule has 1 aromatic carbocycles. The number of halogens is 1. The Labute approximate surface area is 154 Å². The molecule has 0 spiro atoms. The van der Waals surface area contributed by atoms with Crippen molar-refractivity contribution in [2.45, 2.75) is 31.7 Å². The highest BCUT2D eigenvalue weighted by atomic mass is 19.1. The predicted octanol–water partition coefficient (Wildman–Crippen LogP) is 2.87. The number of rotatable bonds is 6. The monoisotopic (exact) mass is 358 g/mol. The molecule has 1 aromatic heterocycles. The lowest BCUT2D eigenvalue weighted by Crippen LogP contribution is -2.39. The molecule has 0 saturated carbocycles. The molecule has 0 aliphatic carbocycles. The SMILES string of the molecule is COc1ccc(-c2cn(CCN3CCC3)c(C3CCNCC3)n2)cc1F. The molecule has 2 fully saturated rings. The van der Waals surface area contributed by atoms with Gasteiger partial charge in [-0.25, -0.2) is 9.37 Å². The molecule has 4 rings (SSSR count). The second kappa shape index (κ2) is 7.76. The zero-order chi connectivity index (χ0) is 17.9. The fourth-order valence-corrected chi connectivity index (χ4v) is 3.83. The number of piperidine rings is 1. The molecule has 140 valence electrons. The maximum atomic E-state index is 14.1. The number of aromatic nitrogens is 2. The third kappa shape index (κ3) is 3.62. The quantitative estimate of drug-likeness (QED) is 0.862. The molecule has 3 heterocycles. The van der Waals surface area contributed by atoms with Crippen LogP contribution in [0.15, 0.2) is 24.4 Å². The van der Waals surface area contributed by atoms with Crippen molar-refractivity contribution in [3.05, 3.63) is 36.0 Å². The van der Waals surface area contributed by atoms with Gasteiger partial charge in [0.2, 0.25) is 0 Å². The Morgan fingerprint density at radius 3 is 2.69 bits per heavy atom. The summed E-state index contributed by atoms with van der Waals surface area (Å²) in [5.41, 5.74) is 1.66. The fourth-order valence-electron chi connectivity index (χ4n) is 3.83. The maximum absolute atomic E-state index is 14.1. The molecule has 0 atom stereocenters. The predicted molar refractivity (Wildman–Crippen MR) is 100 cm³/mol. The van der Waals surface area contributed by atoms with Crippen molar-refractivity contribution in [1.29, 1.82) is 0 Å². The summed E-state index contributed by atoms with van der Waals surface area (Å²) in [5, 5.41) is 3.42. The van der Waals surface area contributed by atoms with Crippen molar-refractivity contribution in [2.24, 2.45) is 0 Å². The molecule has 1 N–H and O–H groups in total. The molecule has 6 heteroatoms. The van der Waals surface area contributed by atoms with Crippen molar-refractivity contribution in [3.8, 4) is 17.0 Å². The smallest absolute Gasteiger partial charge is 0.165 e. The zero-order valence-corrected chi connectivity index (χ0v) is 15.4. The molecular formula is C20H27FN4O. The number of hydrogen-bond acceptors (Lipinski definition) is 4. The minimum atomic E-state index is -0.344. The summed E-state index contributed by atoms with van der Waals surface area (Å²) in [6.45, 7) is 6.49. The van der Waals surface area contributed by atoms with E-state index in [2.05, 4.69) is 21.0 Å². The van der Waals surface area contributed by atoms with Gasteiger partial charge in [-0.2, -0.15) is 0 Å². The van der Waals surface area contributed by atoms with E-state index < -0.39 is 0 Å². The van der Waals surface area contributed by atoms with Crippen LogP contribution in [0.3, 0.4) is 0 Å². The first-order chi connectivity index (χ1) is 12.7. The van der Waals surface area contributed by atoms with Crippen LogP contribution in [0.4, 0.5) is 4.39 Å². The topological polar surface area (TPSA) is 42.3 Å². The minimum Gasteiger partial charge on any atom is -0.494 e. The van der Waals surface area contributed by atoms with Crippen LogP contribution in [-0.2, 0) is 6.54 Å². The number of ether oxygens (including phenoxy) is 1. The van der Waals surface area contributed by atoms with E-state index >= 15 is 0 Å². The van der Waals surface area contributed by atoms with E-state index in [0.29, 0.717) is 5.92 Å². The number of hydrogen-bond donors (Lipinski definition) is 1. The summed E-state index contributed by atoms with van der Waals surface area (Å²) >= 11 is 0. The highest BCUT2D eigenvalue weighted by molar-refractivity contribution is 5.60. The lowest BCUT2D eigenvalue weighted by atomic mass is 9.97. The lowest BCUT2D eigenvalue weighted by Gasteiger charge is -2.31. The first-order valence-electron chi connectivity index (χ1n) is 9.58. The summed E-state index contributed by atoms with van der Waals surface area (Å²) < 4.78 is 21.5. The van der Waals surface area contributed by atoms with Gasteiger partial charge >= 0.3 is 0 Å². The van der Waals surface area contributed by atoms with Gasteiger partial charge < -0.3 is 19.5 Å². The van der Waals surface area contributed by atoms with Gasteiger partial charge in [-0.3, -0.25) is 0 Å². The van der Waals surface area contributed by atoms with Crippen LogP contribution >= 0.6 is 0 Å². The van der Waals surface area contributed by atoms with Crippen LogP contribution in [-0.4, -0.2) is 54.3 Å². The molecule has 2 aromatic rings. The Balaban J connectivity index is 1.61. The second-order valence-electron chi connectivity index (χ2n) is 7.25. The van der Waals surface area contributed by atoms with E-state index in [1.54, 1.807) is 6.07 Å². The van der Waals surface area contributed by atoms with Gasteiger partial charge in [0, 0.05) is 30.8 Å². The van der Waals surface area contributed by atoms with Gasteiger partial charge in [0.1, 0.15) is 5.82 Å². The summed E-state index contributed by atoms with van der Waals surface area (Å²) in [4.78, 5) is 7.40. The van der Waals surface area contributed by atoms with Crippen LogP contribution < -0.4 is 10.1 Å². The van der Waals surface area contributed by atoms with E-state index in [4.69, 9.17) is 9.72 Å². The number of methoxy groups -OCH3 is 1. The Morgan fingerprint density at radius 1 is 1.23 bits per heavy atom. The van der Waals surface area contributed by atoms with Gasteiger partial charge in [-0.05, 0) is 63.6 Å². The van der Waals surface area contributed by atoms with Gasteiger partial charge in [0.05, 0.1) is 12.8 Å². The van der Waals surface area contributed by atoms with E-state index in [1.807, 2.05) is 6.07 Å². The number of likely N-dealkylation sites (tertiary alicyclic amines) is 1. The standard InChI is InChI=1S/C20H27FN4O/c1-26-19-4-3-16(13-17(19)21)18-14-25(12-11-24-9-2-10-24)20(23-18)15-5-7-22-8-6-15/h3-4,13-15,22H,2,5-12H2,1H3. The largest absolute Gasteiger partial charge is 0.494 e. The van der Waals surface area contributed by atoms with E-state index in [1.165, 1.54) is 32.7 Å². The summed E-state index contributed by atoms with van der Waals surface area (Å²) in [5.74, 6) is 1.55. The first kappa shape index (κ1) is 17.5. The number of imidazole rings is 1. The maximum Gasteiger partial charge on any atom is 0.165 e. The average molecular weight is 358 g/mol. The first-order valence-corrected chi connectivity index (χ1v) is 9.58. The van der Waals surface area contributed by atoms with Crippen molar-refractivity contribution >= 4 is 0 Å². The van der Waals surface area contributed by atoms with Crippen molar-refractivity contribution < 1.29 is 9.13 Å². The summed E-state index contributed by atoms with van der Waals surface area (Å²) in [7, 11) is 1.48. The summed E-state index contributed by atoms with van der Waals surface area (Å²) in [6, 6.07) is 5.08. The Bertz CT molecular complexity index is 750. The van der Waals surface area contributed by atoms with Crippen LogP contribution in [0.25, 0.3) is 11.3 Å². The highest BCUT2D eigenvalue weighted by Crippen LogP contribution is 2.30.